The van der Waals surface area contributed by atoms with Crippen LogP contribution in [-0.4, -0.2) is 56.1 Å². The van der Waals surface area contributed by atoms with E-state index in [2.05, 4.69) is 30.4 Å². The maximum Gasteiger partial charge on any atom is 0.329 e. The molecule has 11 nitrogen and oxygen atoms in total. The van der Waals surface area contributed by atoms with Crippen molar-refractivity contribution in [3.8, 4) is 0 Å². The number of hydrogen-bond acceptors (Lipinski definition) is 8. The summed E-state index contributed by atoms with van der Waals surface area (Å²) in [5.41, 5.74) is 0.745. The first-order valence-corrected chi connectivity index (χ1v) is 14.5. The summed E-state index contributed by atoms with van der Waals surface area (Å²) in [6, 6.07) is 3.19. The summed E-state index contributed by atoms with van der Waals surface area (Å²) < 4.78 is 0. The number of non-ortho nitro benzene ring substituents is 1. The molecule has 0 aromatic heterocycles. The van der Waals surface area contributed by atoms with Crippen molar-refractivity contribution >= 4 is 23.3 Å². The lowest BCUT2D eigenvalue weighted by Gasteiger charge is -2.58. The Labute approximate surface area is 244 Å². The summed E-state index contributed by atoms with van der Waals surface area (Å²) in [5, 5.41) is 48.5. The first-order chi connectivity index (χ1) is 19.8. The first-order valence-electron chi connectivity index (χ1n) is 14.5. The molecule has 11 heteroatoms. The number of carboxylic acid groups (broad SMARTS) is 1. The van der Waals surface area contributed by atoms with Gasteiger partial charge in [-0.05, 0) is 86.3 Å². The molecule has 0 heterocycles. The number of fused-ring (bicyclic) bond motifs is 5. The minimum absolute atomic E-state index is 0.0179. The maximum absolute atomic E-state index is 12.5. The lowest BCUT2D eigenvalue weighted by Crippen LogP contribution is -2.53. The number of oxime groups is 1. The third kappa shape index (κ3) is 5.13. The second kappa shape index (κ2) is 10.9. The molecule has 0 saturated heterocycles. The van der Waals surface area contributed by atoms with Crippen molar-refractivity contribution in [3.63, 3.8) is 0 Å². The Bertz CT molecular complexity index is 1370. The molecule has 1 amide bonds. The fraction of sp³-hybridized carbons (Fsp3) is 0.581. The smallest absolute Gasteiger partial charge is 0.329 e. The third-order valence-corrected chi connectivity index (χ3v) is 10.8. The summed E-state index contributed by atoms with van der Waals surface area (Å²) in [6.07, 6.45) is 10.4. The number of amides is 1. The van der Waals surface area contributed by atoms with Crippen molar-refractivity contribution in [1.82, 2.24) is 5.32 Å². The van der Waals surface area contributed by atoms with Crippen molar-refractivity contribution in [2.75, 3.05) is 6.61 Å². The van der Waals surface area contributed by atoms with E-state index < -0.39 is 41.2 Å². The Kier molecular flexibility index (Phi) is 7.78. The Morgan fingerprint density at radius 1 is 1.19 bits per heavy atom. The van der Waals surface area contributed by atoms with E-state index in [0.29, 0.717) is 23.5 Å². The maximum atomic E-state index is 12.5. The molecule has 1 aromatic carbocycles. The van der Waals surface area contributed by atoms with Gasteiger partial charge in [0.1, 0.15) is 11.8 Å². The number of carbonyl (C=O) groups is 2. The number of aliphatic carboxylic acids is 1. The van der Waals surface area contributed by atoms with Gasteiger partial charge in [0.05, 0.1) is 10.5 Å². The zero-order valence-electron chi connectivity index (χ0n) is 24.2. The van der Waals surface area contributed by atoms with Gasteiger partial charge in [0.2, 0.25) is 0 Å². The number of nitrogens with one attached hydrogen (secondary N) is 1. The molecule has 42 heavy (non-hydrogen) atoms. The largest absolute Gasteiger partial charge is 0.480 e. The Hall–Kier alpha value is -3.57. The molecule has 0 aliphatic heterocycles. The highest BCUT2D eigenvalue weighted by atomic mass is 16.6. The van der Waals surface area contributed by atoms with E-state index in [1.54, 1.807) is 0 Å². The number of nitro groups is 1. The Balaban J connectivity index is 1.20. The molecule has 0 unspecified atom stereocenters. The van der Waals surface area contributed by atoms with Crippen LogP contribution in [0.1, 0.15) is 71.0 Å². The molecule has 3 saturated carbocycles. The molecule has 4 aliphatic carbocycles. The second-order valence-electron chi connectivity index (χ2n) is 12.9. The van der Waals surface area contributed by atoms with E-state index in [1.165, 1.54) is 23.8 Å². The van der Waals surface area contributed by atoms with Crippen LogP contribution in [0.4, 0.5) is 5.69 Å². The number of carboxylic acids is 1. The number of nitro benzene ring substituents is 1. The summed E-state index contributed by atoms with van der Waals surface area (Å²) in [5.74, 6) is -0.763. The Morgan fingerprint density at radius 3 is 2.64 bits per heavy atom. The highest BCUT2D eigenvalue weighted by Crippen LogP contribution is 2.66. The molecule has 226 valence electrons. The minimum Gasteiger partial charge on any atom is -0.480 e. The fourth-order valence-corrected chi connectivity index (χ4v) is 8.18. The van der Waals surface area contributed by atoms with Crippen LogP contribution < -0.4 is 5.32 Å². The van der Waals surface area contributed by atoms with Gasteiger partial charge < -0.3 is 25.5 Å². The zero-order chi connectivity index (χ0) is 30.4. The first kappa shape index (κ1) is 29.9. The number of aliphatic hydroxyl groups excluding tert-OH is 1. The molecule has 3 fully saturated rings. The van der Waals surface area contributed by atoms with E-state index >= 15 is 0 Å². The molecular weight excluding hydrogens is 542 g/mol. The van der Waals surface area contributed by atoms with E-state index in [1.807, 2.05) is 19.1 Å². The predicted molar refractivity (Wildman–Crippen MR) is 153 cm³/mol. The van der Waals surface area contributed by atoms with Gasteiger partial charge in [-0.2, -0.15) is 0 Å². The van der Waals surface area contributed by atoms with Gasteiger partial charge >= 0.3 is 5.97 Å². The van der Waals surface area contributed by atoms with Crippen molar-refractivity contribution in [3.05, 3.63) is 63.7 Å². The van der Waals surface area contributed by atoms with Crippen molar-refractivity contribution in [2.24, 2.45) is 33.7 Å². The monoisotopic (exact) mass is 581 g/mol. The average Bonchev–Trinajstić information content (AvgIpc) is 3.19. The van der Waals surface area contributed by atoms with Crippen molar-refractivity contribution in [1.29, 1.82) is 0 Å². The van der Waals surface area contributed by atoms with Gasteiger partial charge in [0.25, 0.3) is 11.6 Å². The number of nitrogens with zero attached hydrogens (tertiary/aromatic N) is 2. The van der Waals surface area contributed by atoms with Crippen LogP contribution in [0.5, 0.6) is 0 Å². The number of carbonyl (C=O) groups excluding carboxylic acids is 1. The van der Waals surface area contributed by atoms with Crippen LogP contribution in [-0.2, 0) is 14.4 Å². The summed E-state index contributed by atoms with van der Waals surface area (Å²) in [4.78, 5) is 39.8. The zero-order valence-corrected chi connectivity index (χ0v) is 24.2. The van der Waals surface area contributed by atoms with E-state index in [9.17, 15) is 35.0 Å². The van der Waals surface area contributed by atoms with E-state index in [4.69, 9.17) is 4.84 Å². The van der Waals surface area contributed by atoms with Gasteiger partial charge in [-0.3, -0.25) is 14.9 Å². The van der Waals surface area contributed by atoms with Crippen LogP contribution in [0.25, 0.3) is 0 Å². The molecule has 0 bridgehead atoms. The topological polar surface area (TPSA) is 172 Å². The van der Waals surface area contributed by atoms with Crippen molar-refractivity contribution in [2.45, 2.75) is 77.0 Å². The predicted octanol–water partition coefficient (Wildman–Crippen LogP) is 4.06. The molecule has 1 aromatic rings. The minimum atomic E-state index is -1.75. The van der Waals surface area contributed by atoms with Crippen LogP contribution in [0.3, 0.4) is 0 Å². The molecule has 4 N–H and O–H groups in total. The highest BCUT2D eigenvalue weighted by molar-refractivity contribution is 6.05. The molecule has 8 atom stereocenters. The van der Waals surface area contributed by atoms with Crippen molar-refractivity contribution < 1.29 is 34.7 Å². The SMILES string of the molecule is C[C@]12C=C/C(=N/OCC(=O)N[C@H](C(=O)O)[C@H](O)c3cccc([N+](=O)[O-])c3)C=C1CC[C@@H]1[C@@H]2CC[C@@]2(C)[C@H]1CC[C@]2(C)O. The number of hydrogen-bond donors (Lipinski definition) is 4. The van der Waals surface area contributed by atoms with Crippen LogP contribution >= 0.6 is 0 Å². The van der Waals surface area contributed by atoms with Crippen LogP contribution in [0.2, 0.25) is 0 Å². The highest BCUT2D eigenvalue weighted by Gasteiger charge is 2.62. The van der Waals surface area contributed by atoms with Gasteiger partial charge in [0, 0.05) is 17.5 Å². The third-order valence-electron chi connectivity index (χ3n) is 10.8. The Morgan fingerprint density at radius 2 is 1.93 bits per heavy atom. The molecular formula is C31H39N3O8. The summed E-state index contributed by atoms with van der Waals surface area (Å²) in [7, 11) is 0. The summed E-state index contributed by atoms with van der Waals surface area (Å²) in [6.45, 7) is 5.99. The molecule has 0 radical (unpaired) electrons. The quantitative estimate of drug-likeness (QED) is 0.263. The van der Waals surface area contributed by atoms with Crippen LogP contribution in [0, 0.1) is 38.7 Å². The molecule has 0 spiro atoms. The number of benzene rings is 1. The number of aliphatic hydroxyl groups is 2. The second-order valence-corrected chi connectivity index (χ2v) is 12.9. The lowest BCUT2D eigenvalue weighted by molar-refractivity contribution is -0.385. The fourth-order valence-electron chi connectivity index (χ4n) is 8.18. The van der Waals surface area contributed by atoms with Crippen LogP contribution in [0.15, 0.2) is 53.2 Å². The van der Waals surface area contributed by atoms with E-state index in [-0.39, 0.29) is 22.1 Å². The summed E-state index contributed by atoms with van der Waals surface area (Å²) >= 11 is 0. The number of rotatable bonds is 8. The van der Waals surface area contributed by atoms with Gasteiger partial charge in [-0.25, -0.2) is 4.79 Å². The average molecular weight is 582 g/mol. The molecule has 5 rings (SSSR count). The van der Waals surface area contributed by atoms with Gasteiger partial charge in [-0.1, -0.05) is 42.8 Å². The number of allylic oxidation sites excluding steroid dienone is 4. The lowest BCUT2D eigenvalue weighted by atomic mass is 9.47. The molecule has 4 aliphatic rings. The van der Waals surface area contributed by atoms with Gasteiger partial charge in [-0.15, -0.1) is 0 Å². The standard InChI is InChI=1S/C31H39N3O8/c1-29-12-9-20(16-19(29)7-8-22-23(29)10-13-30(2)24(22)11-14-31(30,3)39)33-42-17-25(35)32-26(28(37)38)27(36)18-5-4-6-21(15-18)34(40)41/h4-6,9,12,15-16,22-24,26-27,36,39H,7-8,10-11,13-14,17H2,1-3H3,(H,32,35)(H,37,38)/b33-20-/t22-,23+,24+,26+,27-,29+,30+,31+/m1/s1. The van der Waals surface area contributed by atoms with E-state index in [0.717, 1.165) is 44.6 Å². The normalized spacial score (nSPS) is 35.7. The van der Waals surface area contributed by atoms with Gasteiger partial charge in [0.15, 0.2) is 12.6 Å².